The quantitative estimate of drug-likeness (QED) is 0.885. The molecule has 3 heteroatoms. The minimum atomic E-state index is -0.270. The third kappa shape index (κ3) is 3.99. The molecule has 2 atom stereocenters. The molecule has 21 heavy (non-hydrogen) atoms. The van der Waals surface area contributed by atoms with Crippen molar-refractivity contribution in [2.24, 2.45) is 11.7 Å². The molecule has 0 saturated heterocycles. The van der Waals surface area contributed by atoms with Crippen molar-refractivity contribution in [3.8, 4) is 0 Å². The molecular weight excluding hydrogens is 260 g/mol. The number of aryl methyl sites for hydroxylation is 1. The highest BCUT2D eigenvalue weighted by Gasteiger charge is 2.22. The van der Waals surface area contributed by atoms with Gasteiger partial charge in [0.15, 0.2) is 0 Å². The van der Waals surface area contributed by atoms with Crippen molar-refractivity contribution < 1.29 is 4.79 Å². The SMILES string of the molecule is CCc1ccc(CC(=O)C(C)C(N)c2ccccc2)nc1. The van der Waals surface area contributed by atoms with Gasteiger partial charge in [-0.15, -0.1) is 0 Å². The number of Topliss-reactive ketones (excluding diaryl/α,β-unsaturated/α-hetero) is 1. The van der Waals surface area contributed by atoms with Gasteiger partial charge < -0.3 is 5.73 Å². The zero-order chi connectivity index (χ0) is 15.2. The third-order valence-corrected chi connectivity index (χ3v) is 3.88. The monoisotopic (exact) mass is 282 g/mol. The summed E-state index contributed by atoms with van der Waals surface area (Å²) in [6, 6.07) is 13.4. The van der Waals surface area contributed by atoms with E-state index in [4.69, 9.17) is 5.73 Å². The second-order valence-electron chi connectivity index (χ2n) is 5.38. The molecule has 1 aromatic carbocycles. The van der Waals surface area contributed by atoms with E-state index in [-0.39, 0.29) is 17.7 Å². The van der Waals surface area contributed by atoms with Crippen LogP contribution in [-0.2, 0) is 17.6 Å². The number of carbonyl (C=O) groups is 1. The van der Waals surface area contributed by atoms with Crippen LogP contribution >= 0.6 is 0 Å². The Labute approximate surface area is 126 Å². The number of hydrogen-bond donors (Lipinski definition) is 1. The topological polar surface area (TPSA) is 56.0 Å². The van der Waals surface area contributed by atoms with Gasteiger partial charge in [-0.3, -0.25) is 9.78 Å². The fraction of sp³-hybridized carbons (Fsp3) is 0.333. The molecule has 0 saturated carbocycles. The number of hydrogen-bond acceptors (Lipinski definition) is 3. The number of aromatic nitrogens is 1. The number of rotatable bonds is 6. The summed E-state index contributed by atoms with van der Waals surface area (Å²) in [6.45, 7) is 3.98. The normalized spacial score (nSPS) is 13.7. The summed E-state index contributed by atoms with van der Waals surface area (Å²) in [6.07, 6.45) is 3.13. The summed E-state index contributed by atoms with van der Waals surface area (Å²) < 4.78 is 0. The molecule has 0 aliphatic heterocycles. The molecule has 110 valence electrons. The maximum atomic E-state index is 12.4. The molecule has 1 heterocycles. The fourth-order valence-electron chi connectivity index (χ4n) is 2.27. The van der Waals surface area contributed by atoms with Gasteiger partial charge in [0.05, 0.1) is 0 Å². The van der Waals surface area contributed by atoms with Crippen LogP contribution in [0, 0.1) is 5.92 Å². The van der Waals surface area contributed by atoms with Crippen molar-refractivity contribution in [1.82, 2.24) is 4.98 Å². The van der Waals surface area contributed by atoms with Gasteiger partial charge in [0.1, 0.15) is 5.78 Å². The highest BCUT2D eigenvalue weighted by molar-refractivity contribution is 5.83. The van der Waals surface area contributed by atoms with Gasteiger partial charge in [0.25, 0.3) is 0 Å². The zero-order valence-corrected chi connectivity index (χ0v) is 12.6. The zero-order valence-electron chi connectivity index (χ0n) is 12.6. The minimum absolute atomic E-state index is 0.128. The largest absolute Gasteiger partial charge is 0.323 e. The van der Waals surface area contributed by atoms with E-state index < -0.39 is 0 Å². The van der Waals surface area contributed by atoms with Crippen molar-refractivity contribution in [3.63, 3.8) is 0 Å². The van der Waals surface area contributed by atoms with E-state index in [2.05, 4.69) is 11.9 Å². The van der Waals surface area contributed by atoms with Crippen molar-refractivity contribution in [1.29, 1.82) is 0 Å². The minimum Gasteiger partial charge on any atom is -0.323 e. The average Bonchev–Trinajstić information content (AvgIpc) is 2.55. The number of nitrogens with zero attached hydrogens (tertiary/aromatic N) is 1. The van der Waals surface area contributed by atoms with Crippen molar-refractivity contribution in [2.75, 3.05) is 0 Å². The Balaban J connectivity index is 2.01. The molecule has 2 N–H and O–H groups in total. The van der Waals surface area contributed by atoms with Crippen molar-refractivity contribution in [2.45, 2.75) is 32.7 Å². The van der Waals surface area contributed by atoms with Gasteiger partial charge >= 0.3 is 0 Å². The summed E-state index contributed by atoms with van der Waals surface area (Å²) in [5.74, 6) is -0.0943. The second kappa shape index (κ2) is 7.14. The first kappa shape index (κ1) is 15.4. The molecule has 2 unspecified atom stereocenters. The lowest BCUT2D eigenvalue weighted by Gasteiger charge is -2.19. The van der Waals surface area contributed by atoms with Crippen LogP contribution in [0.5, 0.6) is 0 Å². The number of carbonyl (C=O) groups excluding carboxylic acids is 1. The Kier molecular flexibility index (Phi) is 5.23. The fourth-order valence-corrected chi connectivity index (χ4v) is 2.27. The van der Waals surface area contributed by atoms with Crippen LogP contribution in [0.2, 0.25) is 0 Å². The third-order valence-electron chi connectivity index (χ3n) is 3.88. The molecule has 0 radical (unpaired) electrons. The first-order valence-electron chi connectivity index (χ1n) is 7.39. The summed E-state index contributed by atoms with van der Waals surface area (Å²) in [4.78, 5) is 16.7. The number of nitrogens with two attached hydrogens (primary N) is 1. The van der Waals surface area contributed by atoms with E-state index in [1.165, 1.54) is 5.56 Å². The van der Waals surface area contributed by atoms with Gasteiger partial charge in [0, 0.05) is 30.3 Å². The predicted octanol–water partition coefficient (Wildman–Crippen LogP) is 3.09. The summed E-state index contributed by atoms with van der Waals surface area (Å²) in [7, 11) is 0. The van der Waals surface area contributed by atoms with Crippen LogP contribution in [-0.4, -0.2) is 10.8 Å². The lowest BCUT2D eigenvalue weighted by atomic mass is 9.90. The molecule has 2 aromatic rings. The van der Waals surface area contributed by atoms with Gasteiger partial charge in [0.2, 0.25) is 0 Å². The van der Waals surface area contributed by atoms with Crippen LogP contribution in [0.1, 0.15) is 36.7 Å². The number of pyridine rings is 1. The summed E-state index contributed by atoms with van der Waals surface area (Å²) >= 11 is 0. The second-order valence-corrected chi connectivity index (χ2v) is 5.38. The summed E-state index contributed by atoms with van der Waals surface area (Å²) in [5.41, 5.74) is 9.18. The van der Waals surface area contributed by atoms with E-state index in [0.717, 1.165) is 17.7 Å². The van der Waals surface area contributed by atoms with Gasteiger partial charge in [-0.1, -0.05) is 50.2 Å². The molecule has 0 fully saturated rings. The molecule has 0 bridgehead atoms. The molecule has 0 amide bonds. The van der Waals surface area contributed by atoms with Crippen LogP contribution in [0.4, 0.5) is 0 Å². The van der Waals surface area contributed by atoms with E-state index in [9.17, 15) is 4.79 Å². The van der Waals surface area contributed by atoms with Crippen LogP contribution in [0.3, 0.4) is 0 Å². The Morgan fingerprint density at radius 2 is 1.90 bits per heavy atom. The molecule has 0 aliphatic carbocycles. The highest BCUT2D eigenvalue weighted by Crippen LogP contribution is 2.21. The van der Waals surface area contributed by atoms with Crippen LogP contribution in [0.15, 0.2) is 48.7 Å². The molecule has 2 rings (SSSR count). The molecule has 1 aromatic heterocycles. The van der Waals surface area contributed by atoms with E-state index in [1.54, 1.807) is 0 Å². The molecular formula is C18H22N2O. The first-order chi connectivity index (χ1) is 10.1. The highest BCUT2D eigenvalue weighted by atomic mass is 16.1. The maximum absolute atomic E-state index is 12.4. The van der Waals surface area contributed by atoms with Crippen LogP contribution < -0.4 is 5.73 Å². The van der Waals surface area contributed by atoms with Crippen LogP contribution in [0.25, 0.3) is 0 Å². The molecule has 0 spiro atoms. The molecule has 0 aliphatic rings. The van der Waals surface area contributed by atoms with Crippen molar-refractivity contribution in [3.05, 3.63) is 65.5 Å². The average molecular weight is 282 g/mol. The van der Waals surface area contributed by atoms with E-state index in [1.807, 2.05) is 55.6 Å². The lowest BCUT2D eigenvalue weighted by molar-refractivity contribution is -0.122. The first-order valence-corrected chi connectivity index (χ1v) is 7.39. The predicted molar refractivity (Wildman–Crippen MR) is 84.9 cm³/mol. The van der Waals surface area contributed by atoms with Gasteiger partial charge in [-0.05, 0) is 23.6 Å². The van der Waals surface area contributed by atoms with Gasteiger partial charge in [-0.2, -0.15) is 0 Å². The van der Waals surface area contributed by atoms with Gasteiger partial charge in [-0.25, -0.2) is 0 Å². The van der Waals surface area contributed by atoms with E-state index >= 15 is 0 Å². The number of benzene rings is 1. The Morgan fingerprint density at radius 3 is 2.48 bits per heavy atom. The Morgan fingerprint density at radius 1 is 1.19 bits per heavy atom. The molecule has 3 nitrogen and oxygen atoms in total. The Hall–Kier alpha value is -2.00. The van der Waals surface area contributed by atoms with E-state index in [0.29, 0.717) is 6.42 Å². The smallest absolute Gasteiger partial charge is 0.143 e. The standard InChI is InChI=1S/C18H22N2O/c1-3-14-9-10-16(20-12-14)11-17(21)13(2)18(19)15-7-5-4-6-8-15/h4-10,12-13,18H,3,11,19H2,1-2H3. The lowest BCUT2D eigenvalue weighted by Crippen LogP contribution is -2.27. The maximum Gasteiger partial charge on any atom is 0.143 e. The Bertz CT molecular complexity index is 578. The van der Waals surface area contributed by atoms with Crippen molar-refractivity contribution >= 4 is 5.78 Å². The number of ketones is 1. The summed E-state index contributed by atoms with van der Waals surface area (Å²) in [5, 5.41) is 0.